The molecule has 0 heterocycles. The number of aliphatic hydroxyl groups excluding tert-OH is 1. The van der Waals surface area contributed by atoms with Gasteiger partial charge in [-0.25, -0.2) is 0 Å². The normalized spacial score (nSPS) is 12.3. The average molecular weight is 330 g/mol. The number of halogens is 4. The summed E-state index contributed by atoms with van der Waals surface area (Å²) < 4.78 is 0.947. The summed E-state index contributed by atoms with van der Waals surface area (Å²) in [5.41, 5.74) is 0.769. The lowest BCUT2D eigenvalue weighted by Gasteiger charge is -2.10. The maximum absolute atomic E-state index is 9.78. The van der Waals surface area contributed by atoms with E-state index in [1.54, 1.807) is 12.1 Å². The summed E-state index contributed by atoms with van der Waals surface area (Å²) in [5, 5.41) is 10.0. The molecule has 0 aromatic heterocycles. The van der Waals surface area contributed by atoms with Crippen LogP contribution in [0.15, 0.2) is 38.3 Å². The molecule has 0 bridgehead atoms. The largest absolute Gasteiger partial charge is 0.388 e. The summed E-state index contributed by atoms with van der Waals surface area (Å²) in [4.78, 5) is 0. The van der Waals surface area contributed by atoms with Gasteiger partial charge in [0.2, 0.25) is 0 Å². The van der Waals surface area contributed by atoms with E-state index in [4.69, 9.17) is 34.8 Å². The first-order valence-corrected chi connectivity index (χ1v) is 6.06. The van der Waals surface area contributed by atoms with E-state index in [1.807, 2.05) is 12.1 Å². The Balaban J connectivity index is 2.73. The zero-order chi connectivity index (χ0) is 11.4. The third-order valence-corrected chi connectivity index (χ3v) is 3.35. The molecule has 1 rings (SSSR count). The average Bonchev–Trinajstić information content (AvgIpc) is 2.18. The molecule has 0 fully saturated rings. The van der Waals surface area contributed by atoms with Gasteiger partial charge >= 0.3 is 0 Å². The maximum Gasteiger partial charge on any atom is 0.121 e. The summed E-state index contributed by atoms with van der Waals surface area (Å²) in [7, 11) is 0. The first-order chi connectivity index (χ1) is 7.00. The van der Waals surface area contributed by atoms with Crippen LogP contribution >= 0.6 is 50.7 Å². The van der Waals surface area contributed by atoms with E-state index in [9.17, 15) is 5.11 Å². The van der Waals surface area contributed by atoms with E-state index in [0.717, 1.165) is 10.0 Å². The smallest absolute Gasteiger partial charge is 0.121 e. The van der Waals surface area contributed by atoms with Gasteiger partial charge in [-0.15, -0.1) is 0 Å². The van der Waals surface area contributed by atoms with E-state index < -0.39 is 6.10 Å². The Hall–Kier alpha value is 0.270. The number of benzene rings is 1. The van der Waals surface area contributed by atoms with E-state index in [2.05, 4.69) is 15.9 Å². The summed E-state index contributed by atoms with van der Waals surface area (Å²) in [6.45, 7) is 0. The van der Waals surface area contributed by atoms with Crippen LogP contribution in [0.5, 0.6) is 0 Å². The maximum atomic E-state index is 9.78. The molecule has 0 saturated heterocycles. The molecule has 0 saturated carbocycles. The second-order valence-electron chi connectivity index (χ2n) is 2.94. The van der Waals surface area contributed by atoms with Gasteiger partial charge in [-0.1, -0.05) is 62.9 Å². The Morgan fingerprint density at radius 2 is 1.73 bits per heavy atom. The van der Waals surface area contributed by atoms with Gasteiger partial charge in [0, 0.05) is 10.9 Å². The molecule has 1 nitrogen and oxygen atoms in total. The minimum Gasteiger partial charge on any atom is -0.388 e. The highest BCUT2D eigenvalue weighted by molar-refractivity contribution is 9.10. The molecular weight excluding hydrogens is 322 g/mol. The molecule has 1 N–H and O–H groups in total. The zero-order valence-corrected chi connectivity index (χ0v) is 11.4. The lowest BCUT2D eigenvalue weighted by Crippen LogP contribution is -1.97. The molecule has 15 heavy (non-hydrogen) atoms. The molecule has 0 aliphatic carbocycles. The minimum absolute atomic E-state index is 0.00664. The molecule has 1 aromatic rings. The van der Waals surface area contributed by atoms with Crippen LogP contribution in [-0.4, -0.2) is 5.11 Å². The van der Waals surface area contributed by atoms with Gasteiger partial charge in [0.15, 0.2) is 0 Å². The highest BCUT2D eigenvalue weighted by Crippen LogP contribution is 2.28. The van der Waals surface area contributed by atoms with Crippen molar-refractivity contribution in [3.05, 3.63) is 43.8 Å². The van der Waals surface area contributed by atoms with Crippen molar-refractivity contribution in [1.29, 1.82) is 0 Å². The molecule has 0 radical (unpaired) electrons. The molecule has 0 amide bonds. The summed E-state index contributed by atoms with van der Waals surface area (Å²) >= 11 is 20.0. The Morgan fingerprint density at radius 1 is 1.20 bits per heavy atom. The molecule has 0 spiro atoms. The third-order valence-electron chi connectivity index (χ3n) is 1.83. The van der Waals surface area contributed by atoms with Crippen molar-refractivity contribution in [3.8, 4) is 0 Å². The molecule has 82 valence electrons. The van der Waals surface area contributed by atoms with Crippen molar-refractivity contribution in [2.75, 3.05) is 0 Å². The molecule has 1 unspecified atom stereocenters. The lowest BCUT2D eigenvalue weighted by molar-refractivity contribution is 0.180. The van der Waals surface area contributed by atoms with Crippen LogP contribution < -0.4 is 0 Å². The van der Waals surface area contributed by atoms with Crippen molar-refractivity contribution in [3.63, 3.8) is 0 Å². The van der Waals surface area contributed by atoms with Gasteiger partial charge < -0.3 is 5.11 Å². The van der Waals surface area contributed by atoms with Crippen LogP contribution in [0.2, 0.25) is 0 Å². The molecule has 1 atom stereocenters. The standard InChI is InChI=1S/C10H8BrCl3O/c11-7-3-1-6(2-4-7)9(15)5-8(12)10(13)14/h1-4,9,15H,5H2. The topological polar surface area (TPSA) is 20.2 Å². The number of hydrogen-bond donors (Lipinski definition) is 1. The van der Waals surface area contributed by atoms with Crippen LogP contribution in [0.3, 0.4) is 0 Å². The Bertz CT molecular complexity index is 357. The second-order valence-corrected chi connectivity index (χ2v) is 5.26. The highest BCUT2D eigenvalue weighted by atomic mass is 79.9. The molecular formula is C10H8BrCl3O. The fraction of sp³-hybridized carbons (Fsp3) is 0.200. The predicted octanol–water partition coefficient (Wildman–Crippen LogP) is 4.76. The van der Waals surface area contributed by atoms with Crippen molar-refractivity contribution < 1.29 is 5.11 Å². The second kappa shape index (κ2) is 6.12. The number of aliphatic hydroxyl groups is 1. The van der Waals surface area contributed by atoms with Crippen LogP contribution in [0.4, 0.5) is 0 Å². The number of rotatable bonds is 3. The van der Waals surface area contributed by atoms with Crippen LogP contribution in [0.1, 0.15) is 18.1 Å². The fourth-order valence-corrected chi connectivity index (χ4v) is 1.61. The Labute approximate surface area is 112 Å². The van der Waals surface area contributed by atoms with E-state index >= 15 is 0 Å². The first kappa shape index (κ1) is 13.3. The lowest BCUT2D eigenvalue weighted by atomic mass is 10.1. The van der Waals surface area contributed by atoms with Gasteiger partial charge in [0.25, 0.3) is 0 Å². The molecule has 1 aromatic carbocycles. The summed E-state index contributed by atoms with van der Waals surface area (Å²) in [6.07, 6.45) is -0.482. The van der Waals surface area contributed by atoms with Crippen molar-refractivity contribution in [2.45, 2.75) is 12.5 Å². The van der Waals surface area contributed by atoms with Crippen LogP contribution in [0, 0.1) is 0 Å². The van der Waals surface area contributed by atoms with Crippen molar-refractivity contribution in [1.82, 2.24) is 0 Å². The van der Waals surface area contributed by atoms with Crippen LogP contribution in [-0.2, 0) is 0 Å². The Kier molecular flexibility index (Phi) is 5.44. The quantitative estimate of drug-likeness (QED) is 0.847. The minimum atomic E-state index is -0.696. The van der Waals surface area contributed by atoms with E-state index in [-0.39, 0.29) is 15.9 Å². The van der Waals surface area contributed by atoms with Gasteiger partial charge in [-0.2, -0.15) is 0 Å². The SMILES string of the molecule is OC(CC(Cl)=C(Cl)Cl)c1ccc(Br)cc1. The van der Waals surface area contributed by atoms with Gasteiger partial charge in [0.05, 0.1) is 11.1 Å². The van der Waals surface area contributed by atoms with E-state index in [1.165, 1.54) is 0 Å². The van der Waals surface area contributed by atoms with E-state index in [0.29, 0.717) is 0 Å². The van der Waals surface area contributed by atoms with Crippen molar-refractivity contribution in [2.24, 2.45) is 0 Å². The van der Waals surface area contributed by atoms with Gasteiger partial charge in [0.1, 0.15) is 4.49 Å². The fourth-order valence-electron chi connectivity index (χ4n) is 1.05. The monoisotopic (exact) mass is 328 g/mol. The molecule has 0 aliphatic rings. The van der Waals surface area contributed by atoms with Crippen LogP contribution in [0.25, 0.3) is 0 Å². The highest BCUT2D eigenvalue weighted by Gasteiger charge is 2.11. The summed E-state index contributed by atoms with van der Waals surface area (Å²) in [5.74, 6) is 0. The predicted molar refractivity (Wildman–Crippen MR) is 68.3 cm³/mol. The number of hydrogen-bond acceptors (Lipinski definition) is 1. The molecule has 5 heteroatoms. The summed E-state index contributed by atoms with van der Waals surface area (Å²) in [6, 6.07) is 7.30. The van der Waals surface area contributed by atoms with Gasteiger partial charge in [-0.3, -0.25) is 0 Å². The zero-order valence-electron chi connectivity index (χ0n) is 7.55. The van der Waals surface area contributed by atoms with Gasteiger partial charge in [-0.05, 0) is 17.7 Å². The Morgan fingerprint density at radius 3 is 2.20 bits per heavy atom. The van der Waals surface area contributed by atoms with Crippen molar-refractivity contribution >= 4 is 50.7 Å². The third kappa shape index (κ3) is 4.33. The first-order valence-electron chi connectivity index (χ1n) is 4.14. The molecule has 0 aliphatic heterocycles.